The zero-order valence-electron chi connectivity index (χ0n) is 13.3. The summed E-state index contributed by atoms with van der Waals surface area (Å²) >= 11 is 9.60. The quantitative estimate of drug-likeness (QED) is 0.710. The van der Waals surface area contributed by atoms with Crippen LogP contribution in [0.4, 0.5) is 5.69 Å². The largest absolute Gasteiger partial charge is 0.492 e. The van der Waals surface area contributed by atoms with Gasteiger partial charge < -0.3 is 4.74 Å². The molecule has 1 atom stereocenters. The molecule has 3 rings (SSSR count). The monoisotopic (exact) mass is 429 g/mol. The molecule has 0 spiro atoms. The Morgan fingerprint density at radius 1 is 1.29 bits per heavy atom. The van der Waals surface area contributed by atoms with Crippen LogP contribution in [0.15, 0.2) is 45.8 Å². The second-order valence-corrected chi connectivity index (χ2v) is 8.79. The van der Waals surface area contributed by atoms with Crippen LogP contribution in [0.1, 0.15) is 19.4 Å². The van der Waals surface area contributed by atoms with Gasteiger partial charge in [-0.3, -0.25) is 4.31 Å². The Morgan fingerprint density at radius 2 is 2.04 bits per heavy atom. The summed E-state index contributed by atoms with van der Waals surface area (Å²) in [6.07, 6.45) is 0.679. The highest BCUT2D eigenvalue weighted by Crippen LogP contribution is 2.39. The molecule has 2 aromatic rings. The van der Waals surface area contributed by atoms with Crippen LogP contribution in [0.3, 0.4) is 0 Å². The average Bonchev–Trinajstić information content (AvgIpc) is 2.84. The van der Waals surface area contributed by atoms with E-state index >= 15 is 0 Å². The van der Waals surface area contributed by atoms with Gasteiger partial charge in [0.15, 0.2) is 0 Å². The second kappa shape index (κ2) is 6.58. The summed E-state index contributed by atoms with van der Waals surface area (Å²) in [6, 6.07) is 10.1. The average molecular weight is 431 g/mol. The third kappa shape index (κ3) is 3.03. The van der Waals surface area contributed by atoms with Crippen molar-refractivity contribution in [3.63, 3.8) is 0 Å². The molecule has 0 aromatic heterocycles. The lowest BCUT2D eigenvalue weighted by atomic mass is 10.1. The summed E-state index contributed by atoms with van der Waals surface area (Å²) in [5.41, 5.74) is 1.73. The molecule has 0 radical (unpaired) electrons. The molecule has 24 heavy (non-hydrogen) atoms. The molecule has 0 amide bonds. The molecule has 0 aliphatic carbocycles. The summed E-state index contributed by atoms with van der Waals surface area (Å²) in [7, 11) is -3.69. The van der Waals surface area contributed by atoms with E-state index in [9.17, 15) is 8.42 Å². The predicted molar refractivity (Wildman–Crippen MR) is 99.6 cm³/mol. The van der Waals surface area contributed by atoms with E-state index in [0.717, 1.165) is 15.7 Å². The van der Waals surface area contributed by atoms with Gasteiger partial charge in [-0.15, -0.1) is 0 Å². The molecule has 7 heteroatoms. The fourth-order valence-corrected chi connectivity index (χ4v) is 5.39. The molecule has 0 bridgehead atoms. The fraction of sp³-hybridized carbons (Fsp3) is 0.294. The van der Waals surface area contributed by atoms with Crippen molar-refractivity contribution in [1.29, 1.82) is 0 Å². The number of rotatable bonds is 4. The molecule has 1 unspecified atom stereocenters. The highest BCUT2D eigenvalue weighted by molar-refractivity contribution is 9.10. The van der Waals surface area contributed by atoms with Gasteiger partial charge in [0.1, 0.15) is 5.75 Å². The molecular weight excluding hydrogens is 414 g/mol. The molecule has 128 valence electrons. The molecule has 4 nitrogen and oxygen atoms in total. The molecule has 2 aromatic carbocycles. The minimum Gasteiger partial charge on any atom is -0.492 e. The van der Waals surface area contributed by atoms with Gasteiger partial charge in [0.05, 0.1) is 22.2 Å². The lowest BCUT2D eigenvalue weighted by Gasteiger charge is -2.24. The van der Waals surface area contributed by atoms with Gasteiger partial charge in [-0.05, 0) is 62.2 Å². The van der Waals surface area contributed by atoms with Gasteiger partial charge in [-0.25, -0.2) is 8.42 Å². The van der Waals surface area contributed by atoms with Crippen LogP contribution in [0.25, 0.3) is 0 Å². The van der Waals surface area contributed by atoms with E-state index in [2.05, 4.69) is 15.9 Å². The number of ether oxygens (including phenoxy) is 1. The minimum atomic E-state index is -3.69. The summed E-state index contributed by atoms with van der Waals surface area (Å²) in [5.74, 6) is 0.483. The van der Waals surface area contributed by atoms with Crippen LogP contribution in [0.5, 0.6) is 5.75 Å². The molecule has 0 saturated carbocycles. The molecule has 1 heterocycles. The van der Waals surface area contributed by atoms with E-state index in [1.54, 1.807) is 6.07 Å². The maximum Gasteiger partial charge on any atom is 0.264 e. The number of sulfonamides is 1. The third-order valence-corrected chi connectivity index (χ3v) is 6.67. The van der Waals surface area contributed by atoms with E-state index in [0.29, 0.717) is 23.8 Å². The van der Waals surface area contributed by atoms with Gasteiger partial charge in [0, 0.05) is 10.5 Å². The van der Waals surface area contributed by atoms with E-state index in [4.69, 9.17) is 16.3 Å². The van der Waals surface area contributed by atoms with E-state index < -0.39 is 10.0 Å². The van der Waals surface area contributed by atoms with Crippen LogP contribution in [0, 0.1) is 0 Å². The summed E-state index contributed by atoms with van der Waals surface area (Å²) in [4.78, 5) is 0.165. The van der Waals surface area contributed by atoms with E-state index in [1.165, 1.54) is 16.4 Å². The second-order valence-electron chi connectivity index (χ2n) is 5.65. The van der Waals surface area contributed by atoms with Crippen molar-refractivity contribution in [2.24, 2.45) is 0 Å². The van der Waals surface area contributed by atoms with E-state index in [-0.39, 0.29) is 10.9 Å². The van der Waals surface area contributed by atoms with Crippen molar-refractivity contribution >= 4 is 43.2 Å². The maximum absolute atomic E-state index is 13.1. The lowest BCUT2D eigenvalue weighted by molar-refractivity contribution is 0.340. The number of fused-ring (bicyclic) bond motifs is 1. The number of hydrogen-bond acceptors (Lipinski definition) is 3. The van der Waals surface area contributed by atoms with Crippen molar-refractivity contribution in [1.82, 2.24) is 0 Å². The van der Waals surface area contributed by atoms with Gasteiger partial charge in [-0.1, -0.05) is 27.5 Å². The third-order valence-electron chi connectivity index (χ3n) is 3.95. The number of benzene rings is 2. The Labute approximate surface area is 155 Å². The Balaban J connectivity index is 2.04. The highest BCUT2D eigenvalue weighted by atomic mass is 79.9. The molecular formula is C17H17BrClNO3S. The first kappa shape index (κ1) is 17.6. The first-order valence-corrected chi connectivity index (χ1v) is 10.2. The van der Waals surface area contributed by atoms with Crippen LogP contribution in [-0.4, -0.2) is 21.1 Å². The van der Waals surface area contributed by atoms with Crippen LogP contribution in [-0.2, 0) is 16.4 Å². The van der Waals surface area contributed by atoms with Gasteiger partial charge in [0.2, 0.25) is 0 Å². The van der Waals surface area contributed by atoms with Crippen LogP contribution < -0.4 is 9.04 Å². The topological polar surface area (TPSA) is 46.6 Å². The summed E-state index contributed by atoms with van der Waals surface area (Å²) < 4.78 is 34.0. The van der Waals surface area contributed by atoms with Crippen molar-refractivity contribution in [2.45, 2.75) is 31.2 Å². The first-order chi connectivity index (χ1) is 11.3. The number of anilines is 1. The standard InChI is InChI=1S/C17H17BrClNO3S/c1-3-23-17-7-5-14(10-15(17)19)24(21,22)20-11(2)8-12-9-13(18)4-6-16(12)20/h4-7,9-11H,3,8H2,1-2H3. The Morgan fingerprint density at radius 3 is 2.71 bits per heavy atom. The number of nitrogens with zero attached hydrogens (tertiary/aromatic N) is 1. The lowest BCUT2D eigenvalue weighted by Crippen LogP contribution is -2.35. The minimum absolute atomic E-state index is 0.148. The normalized spacial score (nSPS) is 17.0. The predicted octanol–water partition coefficient (Wildman–Crippen LogP) is 4.64. The SMILES string of the molecule is CCOc1ccc(S(=O)(=O)N2c3ccc(Br)cc3CC2C)cc1Cl. The van der Waals surface area contributed by atoms with Crippen molar-refractivity contribution in [2.75, 3.05) is 10.9 Å². The number of hydrogen-bond donors (Lipinski definition) is 0. The molecule has 1 aliphatic rings. The Hall–Kier alpha value is -1.24. The molecule has 1 aliphatic heterocycles. The Kier molecular flexibility index (Phi) is 4.82. The van der Waals surface area contributed by atoms with Gasteiger partial charge in [0.25, 0.3) is 10.0 Å². The molecule has 0 N–H and O–H groups in total. The zero-order chi connectivity index (χ0) is 17.5. The van der Waals surface area contributed by atoms with Crippen LogP contribution in [0.2, 0.25) is 5.02 Å². The zero-order valence-corrected chi connectivity index (χ0v) is 16.5. The fourth-order valence-electron chi connectivity index (χ4n) is 2.97. The van der Waals surface area contributed by atoms with Gasteiger partial charge >= 0.3 is 0 Å². The summed E-state index contributed by atoms with van der Waals surface area (Å²) in [5, 5.41) is 0.292. The van der Waals surface area contributed by atoms with Crippen LogP contribution >= 0.6 is 27.5 Å². The Bertz CT molecular complexity index is 885. The van der Waals surface area contributed by atoms with Crippen molar-refractivity contribution in [3.8, 4) is 5.75 Å². The maximum atomic E-state index is 13.1. The first-order valence-electron chi connectivity index (χ1n) is 7.59. The van der Waals surface area contributed by atoms with Gasteiger partial charge in [-0.2, -0.15) is 0 Å². The summed E-state index contributed by atoms with van der Waals surface area (Å²) in [6.45, 7) is 4.22. The molecule has 0 fully saturated rings. The van der Waals surface area contributed by atoms with Crippen molar-refractivity contribution < 1.29 is 13.2 Å². The smallest absolute Gasteiger partial charge is 0.264 e. The highest BCUT2D eigenvalue weighted by Gasteiger charge is 2.36. The van der Waals surface area contributed by atoms with E-state index in [1.807, 2.05) is 32.0 Å². The molecule has 0 saturated heterocycles. The number of halogens is 2. The van der Waals surface area contributed by atoms with Crippen molar-refractivity contribution in [3.05, 3.63) is 51.5 Å².